The number of allylic oxidation sites excluding steroid dienone is 1. The molecule has 0 bridgehead atoms. The first-order valence-electron chi connectivity index (χ1n) is 4.44. The Labute approximate surface area is 97.0 Å². The zero-order valence-corrected chi connectivity index (χ0v) is 10.5. The lowest BCUT2D eigenvalue weighted by atomic mass is 10.2. The summed E-state index contributed by atoms with van der Waals surface area (Å²) in [6.45, 7) is 8.33. The standard InChI is InChI=1S/C10H13IN2O/c1-4-7(2)6-13-8(3)12-5-9(11)10(13)14/h5H,2,4,6H2,1,3H3. The van der Waals surface area contributed by atoms with E-state index in [4.69, 9.17) is 0 Å². The molecule has 0 unspecified atom stereocenters. The summed E-state index contributed by atoms with van der Waals surface area (Å²) < 4.78 is 2.31. The van der Waals surface area contributed by atoms with Crippen molar-refractivity contribution >= 4 is 22.6 Å². The molecule has 0 spiro atoms. The van der Waals surface area contributed by atoms with E-state index in [9.17, 15) is 4.79 Å². The summed E-state index contributed by atoms with van der Waals surface area (Å²) in [5, 5.41) is 0. The fraction of sp³-hybridized carbons (Fsp3) is 0.400. The van der Waals surface area contributed by atoms with Crippen LogP contribution < -0.4 is 5.56 Å². The third-order valence-electron chi connectivity index (χ3n) is 2.09. The number of hydrogen-bond donors (Lipinski definition) is 0. The van der Waals surface area contributed by atoms with Gasteiger partial charge in [-0.1, -0.05) is 19.1 Å². The van der Waals surface area contributed by atoms with Crippen LogP contribution in [0, 0.1) is 10.5 Å². The molecule has 4 heteroatoms. The van der Waals surface area contributed by atoms with Gasteiger partial charge in [0.1, 0.15) is 5.82 Å². The molecule has 1 aromatic rings. The highest BCUT2D eigenvalue weighted by Crippen LogP contribution is 2.03. The zero-order valence-electron chi connectivity index (χ0n) is 8.38. The highest BCUT2D eigenvalue weighted by Gasteiger charge is 2.05. The molecule has 0 atom stereocenters. The Morgan fingerprint density at radius 3 is 2.93 bits per heavy atom. The van der Waals surface area contributed by atoms with E-state index in [1.54, 1.807) is 10.8 Å². The van der Waals surface area contributed by atoms with Gasteiger partial charge >= 0.3 is 0 Å². The molecule has 1 heterocycles. The van der Waals surface area contributed by atoms with Crippen molar-refractivity contribution in [3.63, 3.8) is 0 Å². The summed E-state index contributed by atoms with van der Waals surface area (Å²) in [4.78, 5) is 15.9. The van der Waals surface area contributed by atoms with E-state index in [0.29, 0.717) is 10.1 Å². The van der Waals surface area contributed by atoms with Crippen molar-refractivity contribution in [2.75, 3.05) is 0 Å². The molecule has 0 saturated heterocycles. The van der Waals surface area contributed by atoms with Gasteiger partial charge in [-0.15, -0.1) is 0 Å². The van der Waals surface area contributed by atoms with Gasteiger partial charge in [0.25, 0.3) is 5.56 Å². The average molecular weight is 304 g/mol. The second kappa shape index (κ2) is 4.72. The molecule has 0 fully saturated rings. The Kier molecular flexibility index (Phi) is 3.86. The third kappa shape index (κ3) is 2.43. The maximum Gasteiger partial charge on any atom is 0.267 e. The molecular weight excluding hydrogens is 291 g/mol. The van der Waals surface area contributed by atoms with E-state index in [1.165, 1.54) is 0 Å². The van der Waals surface area contributed by atoms with Gasteiger partial charge in [-0.2, -0.15) is 0 Å². The largest absolute Gasteiger partial charge is 0.292 e. The summed E-state index contributed by atoms with van der Waals surface area (Å²) in [7, 11) is 0. The Bertz CT molecular complexity index is 409. The smallest absolute Gasteiger partial charge is 0.267 e. The molecule has 3 nitrogen and oxygen atoms in total. The van der Waals surface area contributed by atoms with Gasteiger partial charge in [0.2, 0.25) is 0 Å². The van der Waals surface area contributed by atoms with Crippen LogP contribution in [-0.4, -0.2) is 9.55 Å². The minimum atomic E-state index is 0.0210. The number of rotatable bonds is 3. The fourth-order valence-electron chi connectivity index (χ4n) is 1.07. The lowest BCUT2D eigenvalue weighted by Crippen LogP contribution is -2.26. The van der Waals surface area contributed by atoms with Crippen molar-refractivity contribution in [2.24, 2.45) is 0 Å². The van der Waals surface area contributed by atoms with Crippen molar-refractivity contribution in [2.45, 2.75) is 26.8 Å². The van der Waals surface area contributed by atoms with Crippen molar-refractivity contribution in [1.29, 1.82) is 0 Å². The Morgan fingerprint density at radius 1 is 1.71 bits per heavy atom. The van der Waals surface area contributed by atoms with Crippen LogP contribution in [0.3, 0.4) is 0 Å². The van der Waals surface area contributed by atoms with Gasteiger partial charge in [-0.05, 0) is 35.9 Å². The molecular formula is C10H13IN2O. The van der Waals surface area contributed by atoms with Crippen molar-refractivity contribution in [3.05, 3.63) is 38.1 Å². The molecule has 1 rings (SSSR count). The molecule has 76 valence electrons. The van der Waals surface area contributed by atoms with Gasteiger partial charge in [0.15, 0.2) is 0 Å². The van der Waals surface area contributed by atoms with Crippen molar-refractivity contribution in [1.82, 2.24) is 9.55 Å². The second-order valence-corrected chi connectivity index (χ2v) is 4.31. The molecule has 1 aromatic heterocycles. The summed E-state index contributed by atoms with van der Waals surface area (Å²) >= 11 is 2.00. The maximum atomic E-state index is 11.7. The predicted octanol–water partition coefficient (Wildman–Crippen LogP) is 2.12. The first-order chi connectivity index (χ1) is 6.56. The Balaban J connectivity index is 3.13. The van der Waals surface area contributed by atoms with Gasteiger partial charge in [-0.25, -0.2) is 4.98 Å². The topological polar surface area (TPSA) is 34.9 Å². The van der Waals surface area contributed by atoms with E-state index < -0.39 is 0 Å². The van der Waals surface area contributed by atoms with E-state index in [1.807, 2.05) is 36.4 Å². The van der Waals surface area contributed by atoms with Crippen LogP contribution in [0.4, 0.5) is 0 Å². The molecule has 0 aliphatic carbocycles. The molecule has 0 saturated carbocycles. The summed E-state index contributed by atoms with van der Waals surface area (Å²) in [5.74, 6) is 0.741. The first-order valence-corrected chi connectivity index (χ1v) is 5.52. The minimum Gasteiger partial charge on any atom is -0.292 e. The Hall–Kier alpha value is -0.650. The maximum absolute atomic E-state index is 11.7. The lowest BCUT2D eigenvalue weighted by Gasteiger charge is -2.09. The first kappa shape index (κ1) is 11.4. The summed E-state index contributed by atoms with van der Waals surface area (Å²) in [6, 6.07) is 0. The normalized spacial score (nSPS) is 10.2. The second-order valence-electron chi connectivity index (χ2n) is 3.15. The molecule has 0 aliphatic heterocycles. The van der Waals surface area contributed by atoms with Gasteiger partial charge in [-0.3, -0.25) is 9.36 Å². The van der Waals surface area contributed by atoms with Gasteiger partial charge < -0.3 is 0 Å². The number of hydrogen-bond acceptors (Lipinski definition) is 2. The lowest BCUT2D eigenvalue weighted by molar-refractivity contribution is 0.673. The van der Waals surface area contributed by atoms with Crippen LogP contribution >= 0.6 is 22.6 Å². The predicted molar refractivity (Wildman–Crippen MR) is 65.4 cm³/mol. The number of nitrogens with zero attached hydrogens (tertiary/aromatic N) is 2. The molecule has 0 N–H and O–H groups in total. The third-order valence-corrected chi connectivity index (χ3v) is 2.83. The molecule has 0 aromatic carbocycles. The minimum absolute atomic E-state index is 0.0210. The van der Waals surface area contributed by atoms with E-state index >= 15 is 0 Å². The van der Waals surface area contributed by atoms with E-state index in [0.717, 1.165) is 17.8 Å². The quantitative estimate of drug-likeness (QED) is 0.633. The van der Waals surface area contributed by atoms with Crippen LogP contribution in [-0.2, 0) is 6.54 Å². The molecule has 14 heavy (non-hydrogen) atoms. The monoisotopic (exact) mass is 304 g/mol. The number of aryl methyl sites for hydroxylation is 1. The van der Waals surface area contributed by atoms with Crippen LogP contribution in [0.2, 0.25) is 0 Å². The Morgan fingerprint density at radius 2 is 2.36 bits per heavy atom. The zero-order chi connectivity index (χ0) is 10.7. The number of halogens is 1. The SMILES string of the molecule is C=C(CC)Cn1c(C)ncc(I)c1=O. The van der Waals surface area contributed by atoms with Crippen LogP contribution in [0.5, 0.6) is 0 Å². The van der Waals surface area contributed by atoms with Gasteiger partial charge in [0.05, 0.1) is 3.57 Å². The number of aromatic nitrogens is 2. The average Bonchev–Trinajstić information content (AvgIpc) is 2.18. The highest BCUT2D eigenvalue weighted by molar-refractivity contribution is 14.1. The van der Waals surface area contributed by atoms with Crippen LogP contribution in [0.1, 0.15) is 19.2 Å². The van der Waals surface area contributed by atoms with Crippen molar-refractivity contribution < 1.29 is 0 Å². The summed E-state index contributed by atoms with van der Waals surface area (Å²) in [5.41, 5.74) is 1.06. The highest BCUT2D eigenvalue weighted by atomic mass is 127. The van der Waals surface area contributed by atoms with Crippen LogP contribution in [0.15, 0.2) is 23.1 Å². The molecule has 0 radical (unpaired) electrons. The fourth-order valence-corrected chi connectivity index (χ4v) is 1.50. The van der Waals surface area contributed by atoms with E-state index in [2.05, 4.69) is 11.6 Å². The van der Waals surface area contributed by atoms with Crippen molar-refractivity contribution in [3.8, 4) is 0 Å². The molecule has 0 aliphatic rings. The van der Waals surface area contributed by atoms with Crippen LogP contribution in [0.25, 0.3) is 0 Å². The van der Waals surface area contributed by atoms with Gasteiger partial charge in [0, 0.05) is 12.7 Å². The summed E-state index contributed by atoms with van der Waals surface area (Å²) in [6.07, 6.45) is 2.49. The molecule has 0 amide bonds. The van der Waals surface area contributed by atoms with E-state index in [-0.39, 0.29) is 5.56 Å².